The number of anilines is 2. The number of carbonyl (C=O) groups excluding carboxylic acids is 2. The number of amides is 2. The molecule has 1 saturated heterocycles. The van der Waals surface area contributed by atoms with Crippen LogP contribution in [-0.4, -0.2) is 94.3 Å². The maximum Gasteiger partial charge on any atom is 0.274 e. The Hall–Kier alpha value is -5.06. The van der Waals surface area contributed by atoms with Crippen molar-refractivity contribution in [2.24, 2.45) is 5.90 Å². The second kappa shape index (κ2) is 16.1. The summed E-state index contributed by atoms with van der Waals surface area (Å²) in [7, 11) is 0. The number of aryl methyl sites for hydroxylation is 1. The van der Waals surface area contributed by atoms with Crippen molar-refractivity contribution >= 4 is 44.9 Å². The lowest BCUT2D eigenvalue weighted by molar-refractivity contribution is -0.229. The molecule has 3 heterocycles. The normalized spacial score (nSPS) is 19.8. The Balaban J connectivity index is 1.05. The van der Waals surface area contributed by atoms with Gasteiger partial charge in [0.05, 0.1) is 37.2 Å². The molecule has 302 valence electrons. The van der Waals surface area contributed by atoms with E-state index in [9.17, 15) is 24.9 Å². The van der Waals surface area contributed by atoms with Gasteiger partial charge in [0.2, 0.25) is 6.29 Å². The summed E-state index contributed by atoms with van der Waals surface area (Å²) in [6, 6.07) is 21.7. The molecule has 0 spiro atoms. The molecule has 3 unspecified atom stereocenters. The van der Waals surface area contributed by atoms with Crippen molar-refractivity contribution in [2.75, 3.05) is 36.6 Å². The lowest BCUT2D eigenvalue weighted by Crippen LogP contribution is -2.51. The van der Waals surface area contributed by atoms with Crippen molar-refractivity contribution < 1.29 is 48.7 Å². The van der Waals surface area contributed by atoms with E-state index in [1.165, 1.54) is 0 Å². The number of nitrogens with two attached hydrogens (primary N) is 1. The number of hydrogen-bond acceptors (Lipinski definition) is 11. The molecule has 5 aromatic rings. The lowest BCUT2D eigenvalue weighted by atomic mass is 9.97. The molecule has 4 atom stereocenters. The van der Waals surface area contributed by atoms with Crippen LogP contribution in [0.5, 0.6) is 11.5 Å². The van der Waals surface area contributed by atoms with E-state index in [0.717, 1.165) is 32.8 Å². The molecule has 0 radical (unpaired) electrons. The maximum atomic E-state index is 14.2. The van der Waals surface area contributed by atoms with E-state index >= 15 is 0 Å². The number of aliphatic hydroxyl groups is 3. The summed E-state index contributed by atoms with van der Waals surface area (Å²) >= 11 is 0. The van der Waals surface area contributed by atoms with Gasteiger partial charge in [-0.1, -0.05) is 18.2 Å². The molecular formula is C43H50N4O10. The minimum absolute atomic E-state index is 0.00448. The van der Waals surface area contributed by atoms with Gasteiger partial charge in [-0.3, -0.25) is 9.59 Å². The standard InChI is InChI=1S/C43H50N4O10/c1-24-7-6-8-30-35(55-37-20-34(49)39(50)36(21-48)56-37)19-33-29(38(24)30)15-16-47(33)41(52)32-18-26-17-27(11-14-31(26)46-32)45-40(51)25-9-12-28(13-10-25)57-43(4,5)22-53-42(2,3)23-54-44/h6-14,17-19,34,36-37,39,46,48-50H,15-16,20-23,44H2,1-5H3,(H,45,51)/t34?,36?,37-,39?/m1/s1. The van der Waals surface area contributed by atoms with Gasteiger partial charge in [0.1, 0.15) is 35.0 Å². The van der Waals surface area contributed by atoms with Gasteiger partial charge < -0.3 is 54.3 Å². The predicted molar refractivity (Wildman–Crippen MR) is 215 cm³/mol. The first kappa shape index (κ1) is 40.1. The van der Waals surface area contributed by atoms with Crippen LogP contribution in [0.15, 0.2) is 72.8 Å². The zero-order chi connectivity index (χ0) is 40.6. The Labute approximate surface area is 330 Å². The highest BCUT2D eigenvalue weighted by atomic mass is 16.7. The molecule has 7 rings (SSSR count). The fraction of sp³-hybridized carbons (Fsp3) is 0.395. The number of ether oxygens (including phenoxy) is 4. The number of nitrogens with one attached hydrogen (secondary N) is 2. The monoisotopic (exact) mass is 782 g/mol. The molecule has 0 aliphatic carbocycles. The number of carbonyl (C=O) groups is 2. The van der Waals surface area contributed by atoms with E-state index in [1.54, 1.807) is 41.3 Å². The van der Waals surface area contributed by atoms with Gasteiger partial charge in [0, 0.05) is 46.6 Å². The molecule has 2 amide bonds. The molecule has 14 heteroatoms. The van der Waals surface area contributed by atoms with Crippen LogP contribution in [0, 0.1) is 6.92 Å². The van der Waals surface area contributed by atoms with Gasteiger partial charge in [-0.15, -0.1) is 0 Å². The third-order valence-electron chi connectivity index (χ3n) is 10.4. The Morgan fingerprint density at radius 3 is 2.51 bits per heavy atom. The molecule has 7 N–H and O–H groups in total. The average Bonchev–Trinajstić information content (AvgIpc) is 3.80. The van der Waals surface area contributed by atoms with Gasteiger partial charge >= 0.3 is 0 Å². The summed E-state index contributed by atoms with van der Waals surface area (Å²) in [5, 5.41) is 35.9. The number of H-pyrrole nitrogens is 1. The van der Waals surface area contributed by atoms with Crippen molar-refractivity contribution in [3.05, 3.63) is 95.2 Å². The Morgan fingerprint density at radius 2 is 1.77 bits per heavy atom. The molecule has 1 aromatic heterocycles. The predicted octanol–water partition coefficient (Wildman–Crippen LogP) is 5.14. The number of rotatable bonds is 13. The van der Waals surface area contributed by atoms with E-state index in [0.29, 0.717) is 53.7 Å². The Kier molecular flexibility index (Phi) is 11.3. The summed E-state index contributed by atoms with van der Waals surface area (Å²) < 4.78 is 24.2. The van der Waals surface area contributed by atoms with Crippen molar-refractivity contribution in [1.82, 2.24) is 4.98 Å². The fourth-order valence-corrected chi connectivity index (χ4v) is 7.43. The summed E-state index contributed by atoms with van der Waals surface area (Å²) in [5.74, 6) is 5.72. The van der Waals surface area contributed by atoms with Crippen LogP contribution < -0.4 is 25.6 Å². The molecule has 2 aliphatic heterocycles. The van der Waals surface area contributed by atoms with Crippen LogP contribution in [0.4, 0.5) is 11.4 Å². The zero-order valence-electron chi connectivity index (χ0n) is 32.7. The Bertz CT molecular complexity index is 2270. The molecular weight excluding hydrogens is 732 g/mol. The SMILES string of the molecule is Cc1cccc2c(O[C@H]3CC(O)C(O)C(CO)O3)cc3c(c12)CCN3C(=O)c1cc2cc(NC(=O)c3ccc(OC(C)(C)COC(C)(C)CON)cc3)ccc2[nH]1. The number of fused-ring (bicyclic) bond motifs is 4. The fourth-order valence-electron chi connectivity index (χ4n) is 7.43. The second-order valence-corrected chi connectivity index (χ2v) is 16.0. The van der Waals surface area contributed by atoms with Crippen LogP contribution in [0.2, 0.25) is 0 Å². The first-order valence-corrected chi connectivity index (χ1v) is 19.0. The lowest BCUT2D eigenvalue weighted by Gasteiger charge is -2.36. The number of aromatic nitrogens is 1. The molecule has 14 nitrogen and oxygen atoms in total. The van der Waals surface area contributed by atoms with Crippen LogP contribution in [0.1, 0.15) is 66.1 Å². The minimum atomic E-state index is -1.23. The van der Waals surface area contributed by atoms with Gasteiger partial charge in [0.25, 0.3) is 11.8 Å². The maximum absolute atomic E-state index is 14.2. The minimum Gasteiger partial charge on any atom is -0.485 e. The van der Waals surface area contributed by atoms with Crippen molar-refractivity contribution in [2.45, 2.75) is 83.3 Å². The summed E-state index contributed by atoms with van der Waals surface area (Å²) in [4.78, 5) is 37.1. The van der Waals surface area contributed by atoms with Crippen LogP contribution in [0.25, 0.3) is 21.7 Å². The summed E-state index contributed by atoms with van der Waals surface area (Å²) in [5.41, 5.74) is 3.63. The van der Waals surface area contributed by atoms with Gasteiger partial charge in [-0.2, -0.15) is 0 Å². The topological polar surface area (TPSA) is 198 Å². The third-order valence-corrected chi connectivity index (χ3v) is 10.4. The van der Waals surface area contributed by atoms with E-state index in [4.69, 9.17) is 29.7 Å². The van der Waals surface area contributed by atoms with E-state index < -0.39 is 42.4 Å². The molecule has 4 aromatic carbocycles. The highest BCUT2D eigenvalue weighted by Gasteiger charge is 2.38. The molecule has 57 heavy (non-hydrogen) atoms. The van der Waals surface area contributed by atoms with Crippen LogP contribution in [0.3, 0.4) is 0 Å². The number of benzene rings is 4. The average molecular weight is 783 g/mol. The first-order chi connectivity index (χ1) is 27.1. The van der Waals surface area contributed by atoms with E-state index in [-0.39, 0.29) is 24.8 Å². The second-order valence-electron chi connectivity index (χ2n) is 16.0. The highest BCUT2D eigenvalue weighted by Crippen LogP contribution is 2.43. The van der Waals surface area contributed by atoms with Crippen LogP contribution in [-0.2, 0) is 20.7 Å². The molecule has 2 aliphatic rings. The van der Waals surface area contributed by atoms with Crippen molar-refractivity contribution in [3.8, 4) is 11.5 Å². The van der Waals surface area contributed by atoms with Gasteiger partial charge in [0.15, 0.2) is 0 Å². The van der Waals surface area contributed by atoms with E-state index in [1.807, 2.05) is 71.0 Å². The van der Waals surface area contributed by atoms with Crippen LogP contribution >= 0.6 is 0 Å². The summed E-state index contributed by atoms with van der Waals surface area (Å²) in [6.07, 6.45) is -3.65. The number of aliphatic hydroxyl groups excluding tert-OH is 3. The summed E-state index contributed by atoms with van der Waals surface area (Å²) in [6.45, 7) is 10.1. The quantitative estimate of drug-likeness (QED) is 0.0866. The molecule has 1 fully saturated rings. The molecule has 0 bridgehead atoms. The smallest absolute Gasteiger partial charge is 0.274 e. The largest absolute Gasteiger partial charge is 0.485 e. The van der Waals surface area contributed by atoms with Gasteiger partial charge in [-0.25, -0.2) is 5.90 Å². The Morgan fingerprint density at radius 1 is 1.00 bits per heavy atom. The zero-order valence-corrected chi connectivity index (χ0v) is 32.7. The van der Waals surface area contributed by atoms with Crippen molar-refractivity contribution in [1.29, 1.82) is 0 Å². The number of nitrogens with zero attached hydrogens (tertiary/aromatic N) is 1. The highest BCUT2D eigenvalue weighted by molar-refractivity contribution is 6.12. The van der Waals surface area contributed by atoms with Crippen molar-refractivity contribution in [3.63, 3.8) is 0 Å². The number of aromatic amines is 1. The first-order valence-electron chi connectivity index (χ1n) is 19.0. The third kappa shape index (κ3) is 8.62. The van der Waals surface area contributed by atoms with Gasteiger partial charge in [-0.05, 0) is 106 Å². The molecule has 0 saturated carbocycles. The number of hydrogen-bond donors (Lipinski definition) is 6. The van der Waals surface area contributed by atoms with E-state index in [2.05, 4.69) is 10.3 Å².